The van der Waals surface area contributed by atoms with E-state index in [2.05, 4.69) is 10.3 Å². The zero-order valence-corrected chi connectivity index (χ0v) is 13.8. The van der Waals surface area contributed by atoms with Crippen LogP contribution in [0.2, 0.25) is 0 Å². The molecule has 0 atom stereocenters. The third-order valence-electron chi connectivity index (χ3n) is 4.20. The van der Waals surface area contributed by atoms with Gasteiger partial charge in [0.25, 0.3) is 0 Å². The Morgan fingerprint density at radius 3 is 2.61 bits per heavy atom. The average molecular weight is 336 g/mol. The lowest BCUT2D eigenvalue weighted by atomic mass is 9.82. The molecule has 3 rings (SSSR count). The van der Waals surface area contributed by atoms with Crippen molar-refractivity contribution in [2.24, 2.45) is 5.73 Å². The maximum absolute atomic E-state index is 12.3. The van der Waals surface area contributed by atoms with Gasteiger partial charge in [0.15, 0.2) is 0 Å². The first kappa shape index (κ1) is 17.5. The molecule has 0 aliphatic heterocycles. The number of nitrogens with one attached hydrogen (secondary N) is 1. The first-order valence-electron chi connectivity index (χ1n) is 7.74. The Balaban J connectivity index is 0.00000192. The van der Waals surface area contributed by atoms with E-state index in [4.69, 9.17) is 10.2 Å². The average Bonchev–Trinajstić information content (AvgIpc) is 3.03. The fourth-order valence-corrected chi connectivity index (χ4v) is 2.86. The maximum atomic E-state index is 12.3. The van der Waals surface area contributed by atoms with Crippen LogP contribution >= 0.6 is 12.4 Å². The van der Waals surface area contributed by atoms with Crippen molar-refractivity contribution in [1.29, 1.82) is 0 Å². The molecule has 0 unspecified atom stereocenters. The summed E-state index contributed by atoms with van der Waals surface area (Å²) in [6.45, 7) is 0.341. The number of aromatic nitrogens is 1. The molecule has 1 aromatic heterocycles. The smallest absolute Gasteiger partial charge is 0.240 e. The number of rotatable bonds is 4. The van der Waals surface area contributed by atoms with Crippen LogP contribution in [0.3, 0.4) is 0 Å². The van der Waals surface area contributed by atoms with E-state index in [-0.39, 0.29) is 18.3 Å². The molecule has 1 fully saturated rings. The van der Waals surface area contributed by atoms with Crippen LogP contribution in [-0.2, 0) is 11.3 Å². The molecule has 0 spiro atoms. The first-order chi connectivity index (χ1) is 10.7. The lowest BCUT2D eigenvalue weighted by molar-refractivity contribution is -0.127. The number of carbonyl (C=O) groups is 1. The fraction of sp³-hybridized carbons (Fsp3) is 0.412. The minimum Gasteiger partial charge on any atom is -0.444 e. The van der Waals surface area contributed by atoms with Crippen LogP contribution in [0.25, 0.3) is 11.5 Å². The standard InChI is InChI=1S/C17H21N3O2.ClH/c18-17(9-5-2-6-10-17)16(21)19-11-14-12-22-15(20-14)13-7-3-1-4-8-13;/h1,3-4,7-8,12H,2,5-6,9-11,18H2,(H,19,21);1H. The molecule has 2 aromatic rings. The molecule has 23 heavy (non-hydrogen) atoms. The van der Waals surface area contributed by atoms with Crippen molar-refractivity contribution in [3.05, 3.63) is 42.3 Å². The summed E-state index contributed by atoms with van der Waals surface area (Å²) >= 11 is 0. The topological polar surface area (TPSA) is 81.2 Å². The first-order valence-corrected chi connectivity index (χ1v) is 7.74. The highest BCUT2D eigenvalue weighted by Gasteiger charge is 2.35. The van der Waals surface area contributed by atoms with Crippen LogP contribution in [0.5, 0.6) is 0 Å². The van der Waals surface area contributed by atoms with Gasteiger partial charge in [-0.1, -0.05) is 37.5 Å². The summed E-state index contributed by atoms with van der Waals surface area (Å²) < 4.78 is 5.46. The number of hydrogen-bond donors (Lipinski definition) is 2. The molecular weight excluding hydrogens is 314 g/mol. The normalized spacial score (nSPS) is 16.4. The van der Waals surface area contributed by atoms with Crippen molar-refractivity contribution >= 4 is 18.3 Å². The van der Waals surface area contributed by atoms with Crippen LogP contribution in [0.15, 0.2) is 41.0 Å². The molecular formula is C17H22ClN3O2. The van der Waals surface area contributed by atoms with Crippen LogP contribution < -0.4 is 11.1 Å². The van der Waals surface area contributed by atoms with Crippen LogP contribution in [0.1, 0.15) is 37.8 Å². The Hall–Kier alpha value is -1.85. The van der Waals surface area contributed by atoms with Gasteiger partial charge < -0.3 is 15.5 Å². The van der Waals surface area contributed by atoms with Gasteiger partial charge in [0.2, 0.25) is 11.8 Å². The van der Waals surface area contributed by atoms with Gasteiger partial charge in [0.05, 0.1) is 17.8 Å². The lowest BCUT2D eigenvalue weighted by Gasteiger charge is -2.31. The highest BCUT2D eigenvalue weighted by Crippen LogP contribution is 2.26. The summed E-state index contributed by atoms with van der Waals surface area (Å²) in [6.07, 6.45) is 6.29. The number of amides is 1. The second kappa shape index (κ2) is 7.62. The number of halogens is 1. The summed E-state index contributed by atoms with van der Waals surface area (Å²) in [7, 11) is 0. The van der Waals surface area contributed by atoms with Crippen molar-refractivity contribution in [2.75, 3.05) is 0 Å². The van der Waals surface area contributed by atoms with E-state index in [0.717, 1.165) is 37.7 Å². The van der Waals surface area contributed by atoms with Crippen molar-refractivity contribution in [3.8, 4) is 11.5 Å². The quantitative estimate of drug-likeness (QED) is 0.899. The number of hydrogen-bond acceptors (Lipinski definition) is 4. The number of nitrogens with zero attached hydrogens (tertiary/aromatic N) is 1. The van der Waals surface area contributed by atoms with Gasteiger partial charge in [-0.05, 0) is 25.0 Å². The van der Waals surface area contributed by atoms with Crippen molar-refractivity contribution in [3.63, 3.8) is 0 Å². The molecule has 0 saturated heterocycles. The van der Waals surface area contributed by atoms with Gasteiger partial charge in [-0.15, -0.1) is 12.4 Å². The Morgan fingerprint density at radius 1 is 1.22 bits per heavy atom. The molecule has 0 bridgehead atoms. The van der Waals surface area contributed by atoms with Gasteiger partial charge in [-0.2, -0.15) is 0 Å². The molecule has 5 nitrogen and oxygen atoms in total. The highest BCUT2D eigenvalue weighted by atomic mass is 35.5. The lowest BCUT2D eigenvalue weighted by Crippen LogP contribution is -2.54. The number of carbonyl (C=O) groups excluding carboxylic acids is 1. The van der Waals surface area contributed by atoms with E-state index in [1.165, 1.54) is 0 Å². The largest absolute Gasteiger partial charge is 0.444 e. The van der Waals surface area contributed by atoms with E-state index in [9.17, 15) is 4.79 Å². The predicted octanol–water partition coefficient (Wildman–Crippen LogP) is 3.04. The van der Waals surface area contributed by atoms with Crippen molar-refractivity contribution < 1.29 is 9.21 Å². The minimum absolute atomic E-state index is 0. The molecule has 1 aliphatic rings. The molecule has 1 aromatic carbocycles. The number of benzene rings is 1. The zero-order chi connectivity index (χ0) is 15.4. The molecule has 1 amide bonds. The van der Waals surface area contributed by atoms with Gasteiger partial charge in [0, 0.05) is 5.56 Å². The van der Waals surface area contributed by atoms with E-state index < -0.39 is 5.54 Å². The van der Waals surface area contributed by atoms with Gasteiger partial charge in [-0.25, -0.2) is 4.98 Å². The third kappa shape index (κ3) is 4.12. The van der Waals surface area contributed by atoms with E-state index in [0.29, 0.717) is 18.1 Å². The second-order valence-electron chi connectivity index (χ2n) is 5.91. The van der Waals surface area contributed by atoms with Crippen LogP contribution in [0, 0.1) is 0 Å². The second-order valence-corrected chi connectivity index (χ2v) is 5.91. The fourth-order valence-electron chi connectivity index (χ4n) is 2.86. The molecule has 1 heterocycles. The SMILES string of the molecule is Cl.NC1(C(=O)NCc2coc(-c3ccccc3)n2)CCCCC1. The van der Waals surface area contributed by atoms with Crippen molar-refractivity contribution in [2.45, 2.75) is 44.2 Å². The van der Waals surface area contributed by atoms with E-state index >= 15 is 0 Å². The molecule has 124 valence electrons. The third-order valence-corrected chi connectivity index (χ3v) is 4.20. The zero-order valence-electron chi connectivity index (χ0n) is 13.0. The summed E-state index contributed by atoms with van der Waals surface area (Å²) in [4.78, 5) is 16.7. The molecule has 1 saturated carbocycles. The summed E-state index contributed by atoms with van der Waals surface area (Å²) in [5, 5.41) is 2.89. The predicted molar refractivity (Wildman–Crippen MR) is 91.0 cm³/mol. The Bertz CT molecular complexity index is 636. The maximum Gasteiger partial charge on any atom is 0.240 e. The Kier molecular flexibility index (Phi) is 5.80. The molecule has 0 radical (unpaired) electrons. The van der Waals surface area contributed by atoms with Crippen molar-refractivity contribution in [1.82, 2.24) is 10.3 Å². The summed E-state index contributed by atoms with van der Waals surface area (Å²) in [5.41, 5.74) is 7.11. The summed E-state index contributed by atoms with van der Waals surface area (Å²) in [6, 6.07) is 9.68. The molecule has 3 N–H and O–H groups in total. The van der Waals surface area contributed by atoms with Gasteiger partial charge in [-0.3, -0.25) is 4.79 Å². The molecule has 6 heteroatoms. The minimum atomic E-state index is -0.718. The Morgan fingerprint density at radius 2 is 1.91 bits per heavy atom. The van der Waals surface area contributed by atoms with Gasteiger partial charge in [0.1, 0.15) is 6.26 Å². The number of nitrogens with two attached hydrogens (primary N) is 1. The van der Waals surface area contributed by atoms with E-state index in [1.807, 2.05) is 30.3 Å². The van der Waals surface area contributed by atoms with Gasteiger partial charge >= 0.3 is 0 Å². The molecule has 1 aliphatic carbocycles. The van der Waals surface area contributed by atoms with E-state index in [1.54, 1.807) is 6.26 Å². The van der Waals surface area contributed by atoms with Crippen LogP contribution in [0.4, 0.5) is 0 Å². The number of oxazole rings is 1. The van der Waals surface area contributed by atoms with Crippen LogP contribution in [-0.4, -0.2) is 16.4 Å². The summed E-state index contributed by atoms with van der Waals surface area (Å²) in [5.74, 6) is 0.474. The highest BCUT2D eigenvalue weighted by molar-refractivity contribution is 5.86. The Labute approximate surface area is 142 Å². The monoisotopic (exact) mass is 335 g/mol.